The van der Waals surface area contributed by atoms with Gasteiger partial charge in [0.05, 0.1) is 5.56 Å². The zero-order valence-electron chi connectivity index (χ0n) is 25.2. The largest absolute Gasteiger partial charge is 0.508 e. The van der Waals surface area contributed by atoms with Crippen molar-refractivity contribution in [2.24, 2.45) is 0 Å². The van der Waals surface area contributed by atoms with Crippen molar-refractivity contribution in [3.8, 4) is 28.6 Å². The lowest BCUT2D eigenvalue weighted by Gasteiger charge is -2.35. The van der Waals surface area contributed by atoms with Gasteiger partial charge < -0.3 is 25.3 Å². The Balaban J connectivity index is 1.39. The molecule has 0 unspecified atom stereocenters. The number of piperazine rings is 1. The summed E-state index contributed by atoms with van der Waals surface area (Å²) in [6.45, 7) is 9.66. The summed E-state index contributed by atoms with van der Waals surface area (Å²) >= 11 is 0. The summed E-state index contributed by atoms with van der Waals surface area (Å²) in [6, 6.07) is 17.1. The van der Waals surface area contributed by atoms with Crippen LogP contribution in [0.3, 0.4) is 0 Å². The van der Waals surface area contributed by atoms with Gasteiger partial charge in [-0.05, 0) is 67.8 Å². The van der Waals surface area contributed by atoms with E-state index in [0.29, 0.717) is 60.7 Å². The molecule has 4 aromatic rings. The van der Waals surface area contributed by atoms with E-state index in [1.807, 2.05) is 45.0 Å². The summed E-state index contributed by atoms with van der Waals surface area (Å²) in [5.74, 6) is -0.741. The fourth-order valence-corrected chi connectivity index (χ4v) is 5.25. The van der Waals surface area contributed by atoms with Crippen molar-refractivity contribution < 1.29 is 24.6 Å². The van der Waals surface area contributed by atoms with Gasteiger partial charge in [0.25, 0.3) is 17.7 Å². The van der Waals surface area contributed by atoms with E-state index in [1.54, 1.807) is 47.1 Å². The second-order valence-electron chi connectivity index (χ2n) is 11.1. The summed E-state index contributed by atoms with van der Waals surface area (Å²) < 4.78 is 1.52. The van der Waals surface area contributed by atoms with E-state index >= 15 is 0 Å². The van der Waals surface area contributed by atoms with E-state index in [2.05, 4.69) is 15.5 Å². The molecule has 1 aliphatic rings. The molecule has 2 heterocycles. The predicted octanol–water partition coefficient (Wildman–Crippen LogP) is 4.13. The van der Waals surface area contributed by atoms with Crippen LogP contribution >= 0.6 is 0 Å². The highest BCUT2D eigenvalue weighted by Gasteiger charge is 2.27. The van der Waals surface area contributed by atoms with Crippen LogP contribution in [-0.2, 0) is 0 Å². The second kappa shape index (κ2) is 12.6. The third kappa shape index (κ3) is 5.98. The first kappa shape index (κ1) is 30.3. The highest BCUT2D eigenvalue weighted by Crippen LogP contribution is 2.38. The summed E-state index contributed by atoms with van der Waals surface area (Å²) in [5, 5.41) is 32.2. The van der Waals surface area contributed by atoms with Gasteiger partial charge >= 0.3 is 0 Å². The zero-order valence-corrected chi connectivity index (χ0v) is 25.2. The van der Waals surface area contributed by atoms with E-state index in [-0.39, 0.29) is 40.9 Å². The molecule has 11 heteroatoms. The van der Waals surface area contributed by atoms with Crippen LogP contribution in [-0.4, -0.2) is 85.2 Å². The average Bonchev–Trinajstić information content (AvgIpc) is 3.46. The Hall–Kier alpha value is -5.19. The minimum atomic E-state index is -0.452. The van der Waals surface area contributed by atoms with Crippen LogP contribution in [0.1, 0.15) is 69.2 Å². The van der Waals surface area contributed by atoms with Gasteiger partial charge in [0.2, 0.25) is 5.82 Å². The predicted molar refractivity (Wildman–Crippen MR) is 165 cm³/mol. The summed E-state index contributed by atoms with van der Waals surface area (Å²) in [7, 11) is 0. The van der Waals surface area contributed by atoms with Crippen LogP contribution in [0.25, 0.3) is 17.1 Å². The van der Waals surface area contributed by atoms with Crippen molar-refractivity contribution in [3.05, 3.63) is 88.7 Å². The molecule has 1 saturated heterocycles. The fourth-order valence-electron chi connectivity index (χ4n) is 5.25. The van der Waals surface area contributed by atoms with Gasteiger partial charge in [0.15, 0.2) is 5.82 Å². The second-order valence-corrected chi connectivity index (χ2v) is 11.1. The maximum atomic E-state index is 13.4. The SMILES string of the molecule is CCNC(=O)c1nnc(-c2cc(C(C)C)c(O)cc2O)n1-c1ccc(C(=O)N2CCN(C(=O)c3ccc(C)cc3)CC2)cc1. The lowest BCUT2D eigenvalue weighted by Crippen LogP contribution is -2.50. The van der Waals surface area contributed by atoms with E-state index < -0.39 is 5.91 Å². The Morgan fingerprint density at radius 3 is 1.89 bits per heavy atom. The average molecular weight is 597 g/mol. The van der Waals surface area contributed by atoms with Crippen molar-refractivity contribution in [1.29, 1.82) is 0 Å². The minimum absolute atomic E-state index is 0.00821. The molecule has 0 atom stereocenters. The zero-order chi connectivity index (χ0) is 31.5. The summed E-state index contributed by atoms with van der Waals surface area (Å²) in [4.78, 5) is 42.7. The quantitative estimate of drug-likeness (QED) is 0.291. The molecule has 228 valence electrons. The highest BCUT2D eigenvalue weighted by molar-refractivity contribution is 5.96. The van der Waals surface area contributed by atoms with Crippen LogP contribution in [0.2, 0.25) is 0 Å². The molecule has 0 radical (unpaired) electrons. The van der Waals surface area contributed by atoms with Gasteiger partial charge in [0, 0.05) is 55.6 Å². The molecule has 0 saturated carbocycles. The van der Waals surface area contributed by atoms with Crippen LogP contribution in [0.4, 0.5) is 0 Å². The number of aryl methyl sites for hydroxylation is 1. The van der Waals surface area contributed by atoms with Crippen molar-refractivity contribution in [2.45, 2.75) is 33.6 Å². The first-order valence-electron chi connectivity index (χ1n) is 14.6. The van der Waals surface area contributed by atoms with Gasteiger partial charge in [-0.3, -0.25) is 19.0 Å². The molecule has 1 aliphatic heterocycles. The third-order valence-electron chi connectivity index (χ3n) is 7.74. The minimum Gasteiger partial charge on any atom is -0.508 e. The number of carbonyl (C=O) groups excluding carboxylic acids is 3. The lowest BCUT2D eigenvalue weighted by molar-refractivity contribution is 0.0535. The molecular weight excluding hydrogens is 560 g/mol. The molecule has 0 spiro atoms. The fraction of sp³-hybridized carbons (Fsp3) is 0.303. The number of rotatable bonds is 7. The van der Waals surface area contributed by atoms with E-state index in [4.69, 9.17) is 0 Å². The smallest absolute Gasteiger partial charge is 0.289 e. The molecule has 1 fully saturated rings. The van der Waals surface area contributed by atoms with E-state index in [0.717, 1.165) is 5.56 Å². The Bertz CT molecular complexity index is 1690. The third-order valence-corrected chi connectivity index (χ3v) is 7.74. The Morgan fingerprint density at radius 2 is 1.36 bits per heavy atom. The number of phenolic OH excluding ortho intramolecular Hbond substituents is 2. The van der Waals surface area contributed by atoms with Gasteiger partial charge in [-0.15, -0.1) is 10.2 Å². The number of hydrogen-bond acceptors (Lipinski definition) is 7. The maximum absolute atomic E-state index is 13.4. The van der Waals surface area contributed by atoms with Gasteiger partial charge in [0.1, 0.15) is 11.5 Å². The Morgan fingerprint density at radius 1 is 0.818 bits per heavy atom. The van der Waals surface area contributed by atoms with Gasteiger partial charge in [-0.2, -0.15) is 0 Å². The van der Waals surface area contributed by atoms with Gasteiger partial charge in [-0.1, -0.05) is 31.5 Å². The molecular formula is C33H36N6O5. The molecule has 3 N–H and O–H groups in total. The summed E-state index contributed by atoms with van der Waals surface area (Å²) in [5.41, 5.74) is 3.59. The number of phenols is 2. The molecule has 1 aromatic heterocycles. The molecule has 0 aliphatic carbocycles. The standard InChI is InChI=1S/C33H36N6O5/c1-5-34-31(42)30-36-35-29(26-18-25(20(2)3)27(40)19-28(26)41)39(30)24-12-10-23(11-13-24)33(44)38-16-14-37(15-17-38)32(43)22-8-6-21(4)7-9-22/h6-13,18-20,40-41H,5,14-17H2,1-4H3,(H,34,42). The number of aromatic nitrogens is 3. The molecule has 44 heavy (non-hydrogen) atoms. The number of benzene rings is 3. The van der Waals surface area contributed by atoms with Crippen molar-refractivity contribution >= 4 is 17.7 Å². The number of nitrogens with zero attached hydrogens (tertiary/aromatic N) is 5. The molecule has 0 bridgehead atoms. The number of amides is 3. The van der Waals surface area contributed by atoms with Crippen LogP contribution < -0.4 is 5.32 Å². The summed E-state index contributed by atoms with van der Waals surface area (Å²) in [6.07, 6.45) is 0. The van der Waals surface area contributed by atoms with Crippen LogP contribution in [0.5, 0.6) is 11.5 Å². The molecule has 11 nitrogen and oxygen atoms in total. The maximum Gasteiger partial charge on any atom is 0.289 e. The molecule has 3 amide bonds. The van der Waals surface area contributed by atoms with Gasteiger partial charge in [-0.25, -0.2) is 0 Å². The van der Waals surface area contributed by atoms with Crippen molar-refractivity contribution in [1.82, 2.24) is 29.9 Å². The number of hydrogen-bond donors (Lipinski definition) is 3. The highest BCUT2D eigenvalue weighted by atomic mass is 16.3. The van der Waals surface area contributed by atoms with Crippen molar-refractivity contribution in [2.75, 3.05) is 32.7 Å². The lowest BCUT2D eigenvalue weighted by atomic mass is 9.98. The van der Waals surface area contributed by atoms with Crippen LogP contribution in [0.15, 0.2) is 60.7 Å². The van der Waals surface area contributed by atoms with E-state index in [1.165, 1.54) is 10.6 Å². The number of aromatic hydroxyl groups is 2. The topological polar surface area (TPSA) is 141 Å². The normalized spacial score (nSPS) is 13.3. The van der Waals surface area contributed by atoms with E-state index in [9.17, 15) is 24.6 Å². The molecule has 3 aromatic carbocycles. The van der Waals surface area contributed by atoms with Crippen LogP contribution in [0, 0.1) is 6.92 Å². The number of nitrogens with one attached hydrogen (secondary N) is 1. The monoisotopic (exact) mass is 596 g/mol. The Labute approximate surface area is 255 Å². The first-order chi connectivity index (χ1) is 21.1. The number of carbonyl (C=O) groups is 3. The first-order valence-corrected chi connectivity index (χ1v) is 14.6. The van der Waals surface area contributed by atoms with Crippen molar-refractivity contribution in [3.63, 3.8) is 0 Å². The molecule has 5 rings (SSSR count). The Kier molecular flexibility index (Phi) is 8.66.